The number of aryl methyl sites for hydroxylation is 1. The number of fused-ring (bicyclic) bond motifs is 1. The zero-order chi connectivity index (χ0) is 18.0. The van der Waals surface area contributed by atoms with Crippen LogP contribution in [0.1, 0.15) is 5.56 Å². The molecule has 1 heterocycles. The first-order valence-corrected chi connectivity index (χ1v) is 7.88. The van der Waals surface area contributed by atoms with Gasteiger partial charge in [0.05, 0.1) is 18.2 Å². The minimum absolute atomic E-state index is 0.252. The monoisotopic (exact) mass is 342 g/mol. The number of methoxy groups -OCH3 is 1. The van der Waals surface area contributed by atoms with Crippen molar-refractivity contribution in [1.82, 2.24) is 4.98 Å². The number of rotatable bonds is 5. The molecule has 2 aromatic carbocycles. The average molecular weight is 342 g/mol. The van der Waals surface area contributed by atoms with Gasteiger partial charge in [-0.15, -0.1) is 0 Å². The van der Waals surface area contributed by atoms with Crippen LogP contribution in [-0.4, -0.2) is 25.2 Å². The molecule has 1 aromatic heterocycles. The molecule has 0 aliphatic rings. The molecule has 3 aromatic rings. The van der Waals surface area contributed by atoms with Gasteiger partial charge in [-0.1, -0.05) is 0 Å². The third-order valence-electron chi connectivity index (χ3n) is 3.98. The van der Waals surface area contributed by atoms with E-state index in [1.807, 2.05) is 12.1 Å². The van der Waals surface area contributed by atoms with Gasteiger partial charge in [-0.3, -0.25) is 4.79 Å². The molecule has 0 amide bonds. The summed E-state index contributed by atoms with van der Waals surface area (Å²) in [5.41, 5.74) is 7.11. The highest BCUT2D eigenvalue weighted by atomic mass is 19.1. The maximum atomic E-state index is 13.7. The van der Waals surface area contributed by atoms with E-state index in [9.17, 15) is 9.18 Å². The Kier molecular flexibility index (Phi) is 4.72. The molecule has 3 N–H and O–H groups in total. The first-order chi connectivity index (χ1) is 12.0. The van der Waals surface area contributed by atoms with Crippen molar-refractivity contribution in [2.24, 2.45) is 5.73 Å². The fourth-order valence-corrected chi connectivity index (χ4v) is 2.85. The molecule has 6 heteroatoms. The van der Waals surface area contributed by atoms with Crippen LogP contribution in [0.15, 0.2) is 41.2 Å². The molecule has 130 valence electrons. The van der Waals surface area contributed by atoms with Crippen LogP contribution >= 0.6 is 0 Å². The summed E-state index contributed by atoms with van der Waals surface area (Å²) < 4.78 is 24.7. The van der Waals surface area contributed by atoms with Crippen molar-refractivity contribution >= 4 is 10.8 Å². The van der Waals surface area contributed by atoms with Gasteiger partial charge in [-0.2, -0.15) is 0 Å². The molecule has 0 unspecified atom stereocenters. The molecule has 3 rings (SSSR count). The van der Waals surface area contributed by atoms with Crippen molar-refractivity contribution in [3.8, 4) is 22.8 Å². The maximum absolute atomic E-state index is 13.7. The molecule has 0 atom stereocenters. The Hall–Kier alpha value is -2.86. The fraction of sp³-hybridized carbons (Fsp3) is 0.211. The number of hydrogen-bond donors (Lipinski definition) is 2. The van der Waals surface area contributed by atoms with Gasteiger partial charge in [0.25, 0.3) is 5.56 Å². The van der Waals surface area contributed by atoms with Crippen LogP contribution in [0.25, 0.3) is 22.0 Å². The first kappa shape index (κ1) is 17.0. The minimum atomic E-state index is -0.461. The van der Waals surface area contributed by atoms with Crippen molar-refractivity contribution in [3.05, 3.63) is 58.1 Å². The molecule has 0 fully saturated rings. The second-order valence-electron chi connectivity index (χ2n) is 5.67. The van der Waals surface area contributed by atoms with Crippen LogP contribution in [-0.2, 0) is 0 Å². The van der Waals surface area contributed by atoms with E-state index < -0.39 is 5.82 Å². The van der Waals surface area contributed by atoms with Crippen molar-refractivity contribution in [1.29, 1.82) is 0 Å². The van der Waals surface area contributed by atoms with Crippen LogP contribution in [0.3, 0.4) is 0 Å². The summed E-state index contributed by atoms with van der Waals surface area (Å²) in [6.45, 7) is 2.35. The van der Waals surface area contributed by atoms with Gasteiger partial charge in [-0.05, 0) is 48.9 Å². The van der Waals surface area contributed by atoms with Gasteiger partial charge in [0.2, 0.25) is 0 Å². The molecule has 0 aliphatic heterocycles. The highest BCUT2D eigenvalue weighted by Crippen LogP contribution is 2.36. The lowest BCUT2D eigenvalue weighted by molar-refractivity contribution is 0.332. The van der Waals surface area contributed by atoms with Gasteiger partial charge in [0.1, 0.15) is 18.2 Å². The van der Waals surface area contributed by atoms with Crippen molar-refractivity contribution in [3.63, 3.8) is 0 Å². The molecular weight excluding hydrogens is 323 g/mol. The molecule has 0 saturated carbocycles. The van der Waals surface area contributed by atoms with Crippen LogP contribution in [0.2, 0.25) is 0 Å². The molecule has 0 aliphatic carbocycles. The predicted octanol–water partition coefficient (Wildman–Crippen LogP) is 2.99. The summed E-state index contributed by atoms with van der Waals surface area (Å²) >= 11 is 0. The SMILES string of the molecule is COc1ccc(-c2[nH]c(=O)c3cc(F)cc(C)c3c2OCCN)cc1. The lowest BCUT2D eigenvalue weighted by atomic mass is 10.0. The minimum Gasteiger partial charge on any atom is -0.497 e. The van der Waals surface area contributed by atoms with E-state index in [0.717, 1.165) is 5.56 Å². The molecule has 0 spiro atoms. The highest BCUT2D eigenvalue weighted by Gasteiger charge is 2.17. The molecule has 0 bridgehead atoms. The van der Waals surface area contributed by atoms with Crippen molar-refractivity contribution < 1.29 is 13.9 Å². The van der Waals surface area contributed by atoms with E-state index in [-0.39, 0.29) is 17.6 Å². The Morgan fingerprint density at radius 1 is 1.20 bits per heavy atom. The number of nitrogens with one attached hydrogen (secondary N) is 1. The topological polar surface area (TPSA) is 77.3 Å². The van der Waals surface area contributed by atoms with Crippen molar-refractivity contribution in [2.75, 3.05) is 20.3 Å². The molecule has 0 saturated heterocycles. The summed E-state index contributed by atoms with van der Waals surface area (Å²) in [5.74, 6) is 0.731. The van der Waals surface area contributed by atoms with Crippen LogP contribution in [0, 0.1) is 12.7 Å². The Bertz CT molecular complexity index is 965. The fourth-order valence-electron chi connectivity index (χ4n) is 2.85. The number of pyridine rings is 1. The lowest BCUT2D eigenvalue weighted by Crippen LogP contribution is -2.15. The third-order valence-corrected chi connectivity index (χ3v) is 3.98. The summed E-state index contributed by atoms with van der Waals surface area (Å²) in [5, 5.41) is 0.839. The number of aromatic amines is 1. The van der Waals surface area contributed by atoms with Gasteiger partial charge in [-0.25, -0.2) is 4.39 Å². The van der Waals surface area contributed by atoms with E-state index in [4.69, 9.17) is 15.2 Å². The van der Waals surface area contributed by atoms with E-state index >= 15 is 0 Å². The molecule has 0 radical (unpaired) electrons. The Morgan fingerprint density at radius 2 is 1.92 bits per heavy atom. The number of ether oxygens (including phenoxy) is 2. The van der Waals surface area contributed by atoms with E-state index in [2.05, 4.69) is 4.98 Å². The normalized spacial score (nSPS) is 10.9. The molecular formula is C19H19FN2O3. The maximum Gasteiger partial charge on any atom is 0.256 e. The van der Waals surface area contributed by atoms with E-state index in [0.29, 0.717) is 34.7 Å². The smallest absolute Gasteiger partial charge is 0.256 e. The van der Waals surface area contributed by atoms with Crippen LogP contribution in [0.4, 0.5) is 4.39 Å². The van der Waals surface area contributed by atoms with Gasteiger partial charge < -0.3 is 20.2 Å². The summed E-state index contributed by atoms with van der Waals surface area (Å²) in [6.07, 6.45) is 0. The Balaban J connectivity index is 2.31. The number of H-pyrrole nitrogens is 1. The largest absolute Gasteiger partial charge is 0.497 e. The van der Waals surface area contributed by atoms with E-state index in [1.54, 1.807) is 26.2 Å². The Labute approximate surface area is 144 Å². The number of aromatic nitrogens is 1. The number of nitrogens with two attached hydrogens (primary N) is 1. The van der Waals surface area contributed by atoms with Gasteiger partial charge in [0, 0.05) is 17.5 Å². The lowest BCUT2D eigenvalue weighted by Gasteiger charge is -2.16. The molecule has 5 nitrogen and oxygen atoms in total. The predicted molar refractivity (Wildman–Crippen MR) is 95.8 cm³/mol. The van der Waals surface area contributed by atoms with Gasteiger partial charge >= 0.3 is 0 Å². The summed E-state index contributed by atoms with van der Waals surface area (Å²) in [7, 11) is 1.58. The third kappa shape index (κ3) is 3.21. The van der Waals surface area contributed by atoms with Crippen LogP contribution in [0.5, 0.6) is 11.5 Å². The second-order valence-corrected chi connectivity index (χ2v) is 5.67. The Morgan fingerprint density at radius 3 is 2.56 bits per heavy atom. The van der Waals surface area contributed by atoms with Crippen LogP contribution < -0.4 is 20.8 Å². The molecule has 25 heavy (non-hydrogen) atoms. The number of benzene rings is 2. The zero-order valence-electron chi connectivity index (χ0n) is 14.1. The summed E-state index contributed by atoms with van der Waals surface area (Å²) in [4.78, 5) is 15.3. The number of hydrogen-bond acceptors (Lipinski definition) is 4. The van der Waals surface area contributed by atoms with Crippen molar-refractivity contribution in [2.45, 2.75) is 6.92 Å². The zero-order valence-corrected chi connectivity index (χ0v) is 14.1. The summed E-state index contributed by atoms with van der Waals surface area (Å²) in [6, 6.07) is 9.83. The van der Waals surface area contributed by atoms with Gasteiger partial charge in [0.15, 0.2) is 5.75 Å². The quantitative estimate of drug-likeness (QED) is 0.747. The highest BCUT2D eigenvalue weighted by molar-refractivity contribution is 5.95. The number of halogens is 1. The second kappa shape index (κ2) is 6.94. The average Bonchev–Trinajstić information content (AvgIpc) is 2.61. The van der Waals surface area contributed by atoms with E-state index in [1.165, 1.54) is 12.1 Å². The first-order valence-electron chi connectivity index (χ1n) is 7.88. The standard InChI is InChI=1S/C19H19FN2O3/c1-11-9-13(20)10-15-16(11)18(25-8-7-21)17(22-19(15)23)12-3-5-14(24-2)6-4-12/h3-6,9-10H,7-8,21H2,1-2H3,(H,22,23).